The number of ether oxygens (including phenoxy) is 1. The summed E-state index contributed by atoms with van der Waals surface area (Å²) in [6.45, 7) is 0.493. The van der Waals surface area contributed by atoms with Crippen molar-refractivity contribution in [3.05, 3.63) is 148 Å². The van der Waals surface area contributed by atoms with Gasteiger partial charge in [0.25, 0.3) is 0 Å². The van der Waals surface area contributed by atoms with E-state index in [1.807, 2.05) is 24.4 Å². The Morgan fingerprint density at radius 3 is 2.62 bits per heavy atom. The summed E-state index contributed by atoms with van der Waals surface area (Å²) >= 11 is 3.61. The van der Waals surface area contributed by atoms with Gasteiger partial charge in [-0.2, -0.15) is 0 Å². The third kappa shape index (κ3) is 4.84. The third-order valence-corrected chi connectivity index (χ3v) is 8.61. The third-order valence-electron chi connectivity index (χ3n) is 8.11. The quantitative estimate of drug-likeness (QED) is 0.159. The minimum Gasteiger partial charge on any atom is -0.488 e. The van der Waals surface area contributed by atoms with Crippen molar-refractivity contribution in [1.82, 2.24) is 0 Å². The lowest BCUT2D eigenvalue weighted by Gasteiger charge is -2.37. The zero-order valence-corrected chi connectivity index (χ0v) is 23.6. The molecule has 40 heavy (non-hydrogen) atoms. The first-order chi connectivity index (χ1) is 19.7. The summed E-state index contributed by atoms with van der Waals surface area (Å²) in [5, 5.41) is 6.25. The molecule has 0 bridgehead atoms. The molecule has 0 radical (unpaired) electrons. The van der Waals surface area contributed by atoms with E-state index in [1.165, 1.54) is 27.6 Å². The lowest BCUT2D eigenvalue weighted by molar-refractivity contribution is 0.307. The molecule has 3 atom stereocenters. The van der Waals surface area contributed by atoms with Crippen molar-refractivity contribution in [2.24, 2.45) is 10.9 Å². The number of nitrogens with one attached hydrogen (secondary N) is 1. The Morgan fingerprint density at radius 1 is 0.875 bits per heavy atom. The van der Waals surface area contributed by atoms with Gasteiger partial charge in [0.1, 0.15) is 12.4 Å². The lowest BCUT2D eigenvalue weighted by atomic mass is 9.77. The molecule has 3 nitrogen and oxygen atoms in total. The molecule has 0 saturated heterocycles. The van der Waals surface area contributed by atoms with E-state index < -0.39 is 0 Å². The van der Waals surface area contributed by atoms with Crippen molar-refractivity contribution in [3.8, 4) is 5.75 Å². The Labute approximate surface area is 243 Å². The van der Waals surface area contributed by atoms with Gasteiger partial charge in [-0.25, -0.2) is 0 Å². The van der Waals surface area contributed by atoms with E-state index in [-0.39, 0.29) is 6.04 Å². The summed E-state index contributed by atoms with van der Waals surface area (Å²) < 4.78 is 7.31. The van der Waals surface area contributed by atoms with Crippen LogP contribution in [0.15, 0.2) is 131 Å². The van der Waals surface area contributed by atoms with Crippen LogP contribution in [0, 0.1) is 5.92 Å². The molecule has 7 rings (SSSR count). The van der Waals surface area contributed by atoms with Crippen molar-refractivity contribution in [3.63, 3.8) is 0 Å². The van der Waals surface area contributed by atoms with Crippen LogP contribution in [0.4, 0.5) is 11.4 Å². The van der Waals surface area contributed by atoms with Crippen molar-refractivity contribution < 1.29 is 4.74 Å². The van der Waals surface area contributed by atoms with Gasteiger partial charge >= 0.3 is 0 Å². The maximum absolute atomic E-state index is 6.32. The van der Waals surface area contributed by atoms with Crippen molar-refractivity contribution >= 4 is 44.3 Å². The number of benzene rings is 5. The monoisotopic (exact) mass is 584 g/mol. The predicted octanol–water partition coefficient (Wildman–Crippen LogP) is 9.76. The number of para-hydroxylation sites is 1. The number of anilines is 1. The largest absolute Gasteiger partial charge is 0.488 e. The second-order valence-corrected chi connectivity index (χ2v) is 11.4. The van der Waals surface area contributed by atoms with E-state index in [0.29, 0.717) is 18.4 Å². The molecule has 0 fully saturated rings. The van der Waals surface area contributed by atoms with Crippen LogP contribution in [0.3, 0.4) is 0 Å². The van der Waals surface area contributed by atoms with Gasteiger partial charge in [0, 0.05) is 27.9 Å². The summed E-state index contributed by atoms with van der Waals surface area (Å²) in [5.41, 5.74) is 6.97. The highest BCUT2D eigenvalue weighted by atomic mass is 79.9. The van der Waals surface area contributed by atoms with Crippen LogP contribution in [-0.4, -0.2) is 6.21 Å². The van der Waals surface area contributed by atoms with Gasteiger partial charge in [0.2, 0.25) is 0 Å². The molecule has 1 aliphatic carbocycles. The molecule has 1 aliphatic heterocycles. The number of halogens is 1. The molecule has 0 spiro atoms. The number of fused-ring (bicyclic) bond motifs is 4. The Morgan fingerprint density at radius 2 is 1.70 bits per heavy atom. The van der Waals surface area contributed by atoms with E-state index in [0.717, 1.165) is 33.5 Å². The zero-order chi connectivity index (χ0) is 26.9. The molecule has 0 unspecified atom stereocenters. The summed E-state index contributed by atoms with van der Waals surface area (Å²) in [6, 6.07) is 38.4. The van der Waals surface area contributed by atoms with Gasteiger partial charge in [-0.05, 0) is 76.2 Å². The maximum atomic E-state index is 6.32. The molecule has 1 heterocycles. The fourth-order valence-corrected chi connectivity index (χ4v) is 6.49. The number of rotatable bonds is 6. The van der Waals surface area contributed by atoms with Gasteiger partial charge in [-0.1, -0.05) is 101 Å². The van der Waals surface area contributed by atoms with Crippen molar-refractivity contribution in [1.29, 1.82) is 0 Å². The second kappa shape index (κ2) is 10.8. The number of hydrogen-bond acceptors (Lipinski definition) is 3. The molecule has 1 N–H and O–H groups in total. The average Bonchev–Trinajstić information content (AvgIpc) is 3.50. The molecule has 2 aliphatic rings. The Balaban J connectivity index is 1.09. The Kier molecular flexibility index (Phi) is 6.70. The molecular formula is C36H29BrN2O. The summed E-state index contributed by atoms with van der Waals surface area (Å²) in [7, 11) is 0. The first-order valence-electron chi connectivity index (χ1n) is 13.8. The molecule has 0 aromatic heterocycles. The molecule has 196 valence electrons. The maximum Gasteiger partial charge on any atom is 0.128 e. The van der Waals surface area contributed by atoms with Gasteiger partial charge in [0.05, 0.1) is 11.7 Å². The highest BCUT2D eigenvalue weighted by molar-refractivity contribution is 9.10. The van der Waals surface area contributed by atoms with Crippen LogP contribution >= 0.6 is 15.9 Å². The van der Waals surface area contributed by atoms with E-state index in [9.17, 15) is 0 Å². The number of nitrogens with zero attached hydrogens (tertiary/aromatic N) is 1. The second-order valence-electron chi connectivity index (χ2n) is 10.5. The Hall–Kier alpha value is -4.15. The standard InChI is InChI=1S/C36H29BrN2O/c37-28-17-20-35(40-23-26-9-5-8-24-7-1-2-10-30(24)26)27(21-28)22-38-29-18-15-25(16-19-29)36-33-13-6-12-31(33)32-11-3-4-14-34(32)39-36/h1-12,14-22,31,33,36,39H,13,23H2/t31-,33-,36+/m1/s1. The Bertz CT molecular complexity index is 1740. The highest BCUT2D eigenvalue weighted by Crippen LogP contribution is 2.49. The minimum absolute atomic E-state index is 0.284. The smallest absolute Gasteiger partial charge is 0.128 e. The van der Waals surface area contributed by atoms with Crippen LogP contribution < -0.4 is 10.1 Å². The van der Waals surface area contributed by atoms with Gasteiger partial charge in [-0.3, -0.25) is 4.99 Å². The molecule has 0 saturated carbocycles. The predicted molar refractivity (Wildman–Crippen MR) is 169 cm³/mol. The van der Waals surface area contributed by atoms with Gasteiger partial charge < -0.3 is 10.1 Å². The summed E-state index contributed by atoms with van der Waals surface area (Å²) in [6.07, 6.45) is 7.71. The zero-order valence-electron chi connectivity index (χ0n) is 22.0. The van der Waals surface area contributed by atoms with Crippen molar-refractivity contribution in [2.45, 2.75) is 25.0 Å². The molecule has 0 amide bonds. The lowest BCUT2D eigenvalue weighted by Crippen LogP contribution is -2.28. The number of aliphatic imine (C=N–C) groups is 1. The fourth-order valence-electron chi connectivity index (χ4n) is 6.11. The van der Waals surface area contributed by atoms with E-state index in [4.69, 9.17) is 9.73 Å². The van der Waals surface area contributed by atoms with Gasteiger partial charge in [-0.15, -0.1) is 0 Å². The van der Waals surface area contributed by atoms with Crippen LogP contribution in [0.2, 0.25) is 0 Å². The van der Waals surface area contributed by atoms with E-state index in [1.54, 1.807) is 0 Å². The van der Waals surface area contributed by atoms with Gasteiger partial charge in [0.15, 0.2) is 0 Å². The molecule has 4 heteroatoms. The number of allylic oxidation sites excluding steroid dienone is 2. The van der Waals surface area contributed by atoms with Crippen LogP contribution in [0.1, 0.15) is 40.6 Å². The SMILES string of the molecule is Brc1ccc(OCc2cccc3ccccc23)c(C=Nc2ccc([C@@H]3Nc4ccccc4[C@H]4C=CC[C@H]43)cc2)c1. The van der Waals surface area contributed by atoms with E-state index >= 15 is 0 Å². The summed E-state index contributed by atoms with van der Waals surface area (Å²) in [5.74, 6) is 1.82. The summed E-state index contributed by atoms with van der Waals surface area (Å²) in [4.78, 5) is 4.81. The normalized spacial score (nSPS) is 19.4. The molecule has 5 aromatic rings. The topological polar surface area (TPSA) is 33.6 Å². The fraction of sp³-hybridized carbons (Fsp3) is 0.139. The molecule has 5 aromatic carbocycles. The first kappa shape index (κ1) is 24.9. The minimum atomic E-state index is 0.284. The average molecular weight is 586 g/mol. The van der Waals surface area contributed by atoms with Crippen LogP contribution in [0.5, 0.6) is 5.75 Å². The highest BCUT2D eigenvalue weighted by Gasteiger charge is 2.37. The van der Waals surface area contributed by atoms with Crippen molar-refractivity contribution in [2.75, 3.05) is 5.32 Å². The number of hydrogen-bond donors (Lipinski definition) is 1. The first-order valence-corrected chi connectivity index (χ1v) is 14.6. The van der Waals surface area contributed by atoms with Crippen LogP contribution in [-0.2, 0) is 6.61 Å². The van der Waals surface area contributed by atoms with Crippen LogP contribution in [0.25, 0.3) is 10.8 Å². The molecular weight excluding hydrogens is 556 g/mol. The van der Waals surface area contributed by atoms with E-state index in [2.05, 4.69) is 124 Å².